The zero-order valence-corrected chi connectivity index (χ0v) is 60.4. The van der Waals surface area contributed by atoms with Crippen LogP contribution in [0, 0.1) is 17.8 Å². The molecule has 0 saturated carbocycles. The third-order valence-corrected chi connectivity index (χ3v) is 17.3. The number of aliphatic hydroxyl groups excluding tert-OH is 6. The highest BCUT2D eigenvalue weighted by molar-refractivity contribution is 5.98. The first-order chi connectivity index (χ1) is 48.8. The summed E-state index contributed by atoms with van der Waals surface area (Å²) in [5.74, 6) is -15.0. The molecule has 11 amide bonds. The van der Waals surface area contributed by atoms with E-state index < -0.39 is 250 Å². The number of unbranched alkanes of at least 4 members (excludes halogenated alkanes) is 1. The second-order valence-electron chi connectivity index (χ2n) is 26.8. The number of aliphatic carboxylic acids is 2. The zero-order chi connectivity index (χ0) is 78.6. The number of carbonyl (C=O) groups excluding carboxylic acids is 11. The molecule has 22 atom stereocenters. The number of carboxylic acids is 2. The van der Waals surface area contributed by atoms with Crippen LogP contribution in [0.5, 0.6) is 0 Å². The number of hydrogen-bond acceptors (Lipinski definition) is 25. The van der Waals surface area contributed by atoms with Crippen LogP contribution in [0.25, 0.3) is 0 Å². The fourth-order valence-corrected chi connectivity index (χ4v) is 11.1. The number of hydrogen-bond donors (Lipinski definition) is 21. The summed E-state index contributed by atoms with van der Waals surface area (Å²) in [4.78, 5) is 177. The van der Waals surface area contributed by atoms with Crippen LogP contribution in [0.2, 0.25) is 0 Å². The van der Waals surface area contributed by atoms with Crippen molar-refractivity contribution >= 4 is 76.9 Å². The fraction of sp³-hybridized carbons (Fsp3) is 0.712. The first-order valence-corrected chi connectivity index (χ1v) is 34.5. The molecule has 0 unspecified atom stereocenters. The van der Waals surface area contributed by atoms with Gasteiger partial charge in [0.15, 0.2) is 12.6 Å². The highest BCUT2D eigenvalue weighted by atomic mass is 16.7. The van der Waals surface area contributed by atoms with Crippen molar-refractivity contribution in [1.82, 2.24) is 58.5 Å². The van der Waals surface area contributed by atoms with E-state index in [2.05, 4.69) is 58.5 Å². The van der Waals surface area contributed by atoms with Gasteiger partial charge in [-0.25, -0.2) is 4.79 Å². The van der Waals surface area contributed by atoms with Crippen molar-refractivity contribution in [2.45, 2.75) is 255 Å². The Morgan fingerprint density at radius 2 is 1.12 bits per heavy atom. The lowest BCUT2D eigenvalue weighted by Crippen LogP contribution is -2.70. The number of aliphatic hydroxyl groups is 6. The molecule has 0 radical (unpaired) electrons. The summed E-state index contributed by atoms with van der Waals surface area (Å²) in [6.45, 7) is 13.1. The van der Waals surface area contributed by atoms with Crippen LogP contribution < -0.4 is 70.0 Å². The minimum absolute atomic E-state index is 0.0127. The summed E-state index contributed by atoms with van der Waals surface area (Å²) in [6, 6.07) is -9.71. The topological polar surface area (TPSA) is 605 Å². The number of benzene rings is 1. The summed E-state index contributed by atoms with van der Waals surface area (Å²) in [6.07, 6.45) is -19.1. The highest BCUT2D eigenvalue weighted by Gasteiger charge is 2.53. The summed E-state index contributed by atoms with van der Waals surface area (Å²) >= 11 is 0. The third-order valence-electron chi connectivity index (χ3n) is 17.3. The molecule has 3 rings (SSSR count). The number of carbonyl (C=O) groups is 13. The van der Waals surface area contributed by atoms with E-state index in [1.54, 1.807) is 71.9 Å². The number of nitrogens with one attached hydrogen (secondary N) is 11. The van der Waals surface area contributed by atoms with E-state index >= 15 is 9.59 Å². The van der Waals surface area contributed by atoms with Gasteiger partial charge in [0.05, 0.1) is 38.0 Å². The first kappa shape index (κ1) is 90.1. The molecule has 588 valence electrons. The lowest BCUT2D eigenvalue weighted by molar-refractivity contribution is -0.332. The van der Waals surface area contributed by atoms with Gasteiger partial charge in [-0.3, -0.25) is 57.5 Å². The zero-order valence-electron chi connectivity index (χ0n) is 60.4. The maximum atomic E-state index is 15.2. The molecule has 2 saturated heterocycles. The molecular formula is C66H109N13O25. The number of rotatable bonds is 43. The van der Waals surface area contributed by atoms with Gasteiger partial charge >= 0.3 is 11.9 Å². The number of nitrogens with two attached hydrogens (primary N) is 2. The molecule has 38 heteroatoms. The molecule has 23 N–H and O–H groups in total. The van der Waals surface area contributed by atoms with Gasteiger partial charge < -0.3 is 130 Å². The van der Waals surface area contributed by atoms with E-state index in [4.69, 9.17) is 30.4 Å². The molecule has 0 aliphatic carbocycles. The molecule has 1 aromatic rings. The van der Waals surface area contributed by atoms with Crippen LogP contribution in [-0.4, -0.2) is 272 Å². The Bertz CT molecular complexity index is 3030. The first-order valence-electron chi connectivity index (χ1n) is 34.5. The van der Waals surface area contributed by atoms with Gasteiger partial charge in [0.2, 0.25) is 65.0 Å². The molecule has 2 heterocycles. The average Bonchev–Trinajstić information content (AvgIpc) is 0.777. The molecule has 2 fully saturated rings. The molecule has 2 aliphatic rings. The molecule has 1 aromatic carbocycles. The molecular weight excluding hydrogens is 1370 g/mol. The van der Waals surface area contributed by atoms with Gasteiger partial charge in [-0.15, -0.1) is 0 Å². The van der Waals surface area contributed by atoms with Gasteiger partial charge in [-0.05, 0) is 82.7 Å². The Morgan fingerprint density at radius 3 is 1.66 bits per heavy atom. The maximum Gasteiger partial charge on any atom is 0.326 e. The van der Waals surface area contributed by atoms with Gasteiger partial charge in [0, 0.05) is 26.7 Å². The summed E-state index contributed by atoms with van der Waals surface area (Å²) in [5.41, 5.74) is 12.0. The van der Waals surface area contributed by atoms with E-state index in [-0.39, 0.29) is 31.2 Å². The van der Waals surface area contributed by atoms with Crippen molar-refractivity contribution in [3.8, 4) is 0 Å². The van der Waals surface area contributed by atoms with E-state index in [1.807, 2.05) is 0 Å². The maximum absolute atomic E-state index is 15.2. The van der Waals surface area contributed by atoms with Crippen molar-refractivity contribution in [1.29, 1.82) is 0 Å². The van der Waals surface area contributed by atoms with Gasteiger partial charge in [0.1, 0.15) is 97.0 Å². The monoisotopic (exact) mass is 1480 g/mol. The van der Waals surface area contributed by atoms with Crippen LogP contribution in [0.15, 0.2) is 30.3 Å². The van der Waals surface area contributed by atoms with E-state index in [9.17, 15) is 93.6 Å². The predicted octanol–water partition coefficient (Wildman–Crippen LogP) is -6.90. The number of carboxylic acid groups (broad SMARTS) is 2. The van der Waals surface area contributed by atoms with Crippen molar-refractivity contribution < 1.29 is 122 Å². The van der Waals surface area contributed by atoms with Crippen LogP contribution >= 0.6 is 0 Å². The third kappa shape index (κ3) is 28.4. The lowest BCUT2D eigenvalue weighted by atomic mass is 9.94. The Hall–Kier alpha value is -8.15. The lowest BCUT2D eigenvalue weighted by Gasteiger charge is -2.48. The van der Waals surface area contributed by atoms with Crippen LogP contribution in [-0.2, 0) is 87.7 Å². The highest BCUT2D eigenvalue weighted by Crippen LogP contribution is 2.31. The van der Waals surface area contributed by atoms with Gasteiger partial charge in [-0.2, -0.15) is 0 Å². The molecule has 38 nitrogen and oxygen atoms in total. The molecule has 0 bridgehead atoms. The van der Waals surface area contributed by atoms with E-state index in [0.29, 0.717) is 24.8 Å². The summed E-state index contributed by atoms with van der Waals surface area (Å²) < 4.78 is 24.2. The summed E-state index contributed by atoms with van der Waals surface area (Å²) in [7, 11) is 0. The summed E-state index contributed by atoms with van der Waals surface area (Å²) in [5, 5.41) is 112. The van der Waals surface area contributed by atoms with Crippen molar-refractivity contribution in [2.24, 2.45) is 29.2 Å². The molecule has 0 aromatic heterocycles. The van der Waals surface area contributed by atoms with Crippen molar-refractivity contribution in [3.05, 3.63) is 35.9 Å². The molecule has 104 heavy (non-hydrogen) atoms. The van der Waals surface area contributed by atoms with Crippen molar-refractivity contribution in [3.63, 3.8) is 0 Å². The SMILES string of the molecule is CC[C@H](C)[C@H](NC(=O)[C@@H](N)C(C)C)C(=O)N[C@H](C(=O)N[C@@H](C)C(=O)N[C@@H](Cc1ccccc1)C(=O)N[C@H](C(=O)N[C@@H](CCC(=O)O)C(=O)NCC(=O)N[C@@H](CC(C)C)C(=O)N[C@@H](CCCCN)C(=O)O)[C@@H](C)O[C@H]1O[C@H](CO)[C@H](O)[C@H](O[C@@H]2O[C@H](CO)[C@@H](O)[C@H](O)[C@H]2NC(C)=O)[C@H]1NC(C)=O)[C@@H](C)O. The second-order valence-corrected chi connectivity index (χ2v) is 26.8. The largest absolute Gasteiger partial charge is 0.481 e. The van der Waals surface area contributed by atoms with Crippen LogP contribution in [0.3, 0.4) is 0 Å². The van der Waals surface area contributed by atoms with Gasteiger partial charge in [-0.1, -0.05) is 78.3 Å². The number of ether oxygens (including phenoxy) is 4. The number of amides is 11. The smallest absolute Gasteiger partial charge is 0.326 e. The van der Waals surface area contributed by atoms with Gasteiger partial charge in [0.25, 0.3) is 0 Å². The average molecular weight is 1480 g/mol. The Morgan fingerprint density at radius 1 is 0.577 bits per heavy atom. The standard InChI is InChI=1S/C66H109N13O25/c1-12-31(6)47(77-60(95)46(68)30(4)5)61(96)78-48(33(8)82)62(97)70-32(7)56(91)76-41(25-37-18-14-13-15-19-37)59(94)79-49(34(9)101-66-51(72-36(11)84)55(53(89)43(28-81)103-66)104-65-50(71-35(10)83)54(90)52(88)42(27-80)102-65)63(98)74-38(21-22-45(86)87)57(92)69-26-44(85)73-40(24-29(2)3)58(93)75-39(64(99)100)20-16-17-23-67/h13-15,18-19,29-34,38-43,46-55,65-66,80-82,88-90H,12,16-17,20-28,67-68H2,1-11H3,(H,69,92)(H,70,97)(H,71,83)(H,72,84)(H,73,85)(H,74,98)(H,75,93)(H,76,91)(H,77,95)(H,78,96)(H,79,94)(H,86,87)(H,99,100)/t31-,32-,33+,34+,38-,39-,40-,41-,42+,43+,46-,47-,48-,49-,50+,51+,52+,53-,54+,55+,65-,66-/m0/s1. The molecule has 0 spiro atoms. The quantitative estimate of drug-likeness (QED) is 0.0270. The minimum atomic E-state index is -2.17. The van der Waals surface area contributed by atoms with E-state index in [1.165, 1.54) is 13.8 Å². The second kappa shape index (κ2) is 44.0. The Balaban J connectivity index is 2.19. The van der Waals surface area contributed by atoms with Crippen molar-refractivity contribution in [2.75, 3.05) is 26.3 Å². The fourth-order valence-electron chi connectivity index (χ4n) is 11.1. The Kier molecular flexibility index (Phi) is 38.1. The molecule has 2 aliphatic heterocycles. The predicted molar refractivity (Wildman–Crippen MR) is 365 cm³/mol. The Labute approximate surface area is 602 Å². The van der Waals surface area contributed by atoms with Crippen LogP contribution in [0.1, 0.15) is 127 Å². The van der Waals surface area contributed by atoms with E-state index in [0.717, 1.165) is 20.8 Å². The minimum Gasteiger partial charge on any atom is -0.481 e. The normalized spacial score (nSPS) is 23.7. The van der Waals surface area contributed by atoms with Crippen LogP contribution in [0.4, 0.5) is 0 Å².